The van der Waals surface area contributed by atoms with Gasteiger partial charge in [-0.2, -0.15) is 0 Å². The number of piperazine rings is 1. The number of carbonyl (C=O) groups excluding carboxylic acids is 1. The van der Waals surface area contributed by atoms with Crippen molar-refractivity contribution in [3.63, 3.8) is 0 Å². The molecule has 0 aliphatic carbocycles. The molecule has 0 spiro atoms. The molecule has 1 fully saturated rings. The summed E-state index contributed by atoms with van der Waals surface area (Å²) in [6.07, 6.45) is 0.764. The van der Waals surface area contributed by atoms with Crippen LogP contribution in [0.2, 0.25) is 0 Å². The van der Waals surface area contributed by atoms with Crippen molar-refractivity contribution in [3.05, 3.63) is 10.6 Å². The van der Waals surface area contributed by atoms with E-state index in [9.17, 15) is 4.79 Å². The number of amides is 1. The van der Waals surface area contributed by atoms with E-state index in [1.165, 1.54) is 11.5 Å². The highest BCUT2D eigenvalue weighted by Gasteiger charge is 2.29. The molecule has 94 valence electrons. The van der Waals surface area contributed by atoms with Crippen LogP contribution in [0.3, 0.4) is 0 Å². The topological polar surface area (TPSA) is 49.3 Å². The first-order chi connectivity index (χ1) is 8.13. The average Bonchev–Trinajstić information content (AvgIpc) is 2.76. The van der Waals surface area contributed by atoms with E-state index in [-0.39, 0.29) is 11.9 Å². The number of aryl methyl sites for hydroxylation is 1. The molecular formula is C11H18N4OS. The molecule has 1 aromatic rings. The summed E-state index contributed by atoms with van der Waals surface area (Å²) < 4.78 is 3.88. The molecule has 1 saturated heterocycles. The molecule has 1 amide bonds. The van der Waals surface area contributed by atoms with Gasteiger partial charge in [0.1, 0.15) is 4.88 Å². The smallest absolute Gasteiger partial charge is 0.267 e. The van der Waals surface area contributed by atoms with Crippen molar-refractivity contribution in [2.75, 3.05) is 26.7 Å². The summed E-state index contributed by atoms with van der Waals surface area (Å²) in [5.74, 6) is 0.0949. The van der Waals surface area contributed by atoms with Crippen LogP contribution in [0.4, 0.5) is 0 Å². The van der Waals surface area contributed by atoms with E-state index < -0.39 is 0 Å². The molecule has 1 aliphatic heterocycles. The van der Waals surface area contributed by atoms with Crippen LogP contribution >= 0.6 is 11.5 Å². The summed E-state index contributed by atoms with van der Waals surface area (Å²) in [7, 11) is 2.09. The number of likely N-dealkylation sites (N-methyl/N-ethyl adjacent to an activating group) is 1. The fraction of sp³-hybridized carbons (Fsp3) is 0.727. The zero-order chi connectivity index (χ0) is 12.4. The van der Waals surface area contributed by atoms with E-state index in [0.717, 1.165) is 31.7 Å². The Bertz CT molecular complexity index is 406. The maximum absolute atomic E-state index is 12.4. The second kappa shape index (κ2) is 5.10. The second-order valence-electron chi connectivity index (χ2n) is 4.51. The van der Waals surface area contributed by atoms with Crippen LogP contribution in [0.1, 0.15) is 29.2 Å². The van der Waals surface area contributed by atoms with Gasteiger partial charge in [-0.25, -0.2) is 0 Å². The van der Waals surface area contributed by atoms with Gasteiger partial charge in [0.25, 0.3) is 5.91 Å². The van der Waals surface area contributed by atoms with E-state index in [1.54, 1.807) is 0 Å². The molecule has 6 heteroatoms. The number of carbonyl (C=O) groups is 1. The Morgan fingerprint density at radius 3 is 2.94 bits per heavy atom. The summed E-state index contributed by atoms with van der Waals surface area (Å²) in [5.41, 5.74) is 0.825. The van der Waals surface area contributed by atoms with Crippen LogP contribution in [0.25, 0.3) is 0 Å². The molecule has 0 saturated carbocycles. The van der Waals surface area contributed by atoms with Crippen LogP contribution < -0.4 is 0 Å². The maximum Gasteiger partial charge on any atom is 0.267 e. The first kappa shape index (κ1) is 12.4. The van der Waals surface area contributed by atoms with Crippen molar-refractivity contribution >= 4 is 17.4 Å². The van der Waals surface area contributed by atoms with Gasteiger partial charge < -0.3 is 9.80 Å². The normalized spacial score (nSPS) is 21.8. The minimum absolute atomic E-state index is 0.0949. The Labute approximate surface area is 106 Å². The number of aromatic nitrogens is 2. The van der Waals surface area contributed by atoms with Gasteiger partial charge >= 0.3 is 0 Å². The number of hydrogen-bond acceptors (Lipinski definition) is 5. The van der Waals surface area contributed by atoms with Gasteiger partial charge in [0, 0.05) is 25.7 Å². The van der Waals surface area contributed by atoms with Crippen LogP contribution in [-0.4, -0.2) is 58.0 Å². The summed E-state index contributed by atoms with van der Waals surface area (Å²) in [5, 5.41) is 4.00. The van der Waals surface area contributed by atoms with E-state index in [1.807, 2.05) is 11.8 Å². The fourth-order valence-electron chi connectivity index (χ4n) is 2.17. The monoisotopic (exact) mass is 254 g/mol. The van der Waals surface area contributed by atoms with Gasteiger partial charge in [0.15, 0.2) is 0 Å². The van der Waals surface area contributed by atoms with Crippen LogP contribution in [0, 0.1) is 0 Å². The van der Waals surface area contributed by atoms with Gasteiger partial charge in [0.2, 0.25) is 0 Å². The minimum atomic E-state index is 0.0949. The van der Waals surface area contributed by atoms with Crippen molar-refractivity contribution in [1.82, 2.24) is 19.4 Å². The molecule has 0 N–H and O–H groups in total. The van der Waals surface area contributed by atoms with Crippen molar-refractivity contribution in [2.24, 2.45) is 0 Å². The Hall–Kier alpha value is -1.01. The van der Waals surface area contributed by atoms with Gasteiger partial charge in [-0.3, -0.25) is 4.79 Å². The lowest BCUT2D eigenvalue weighted by Crippen LogP contribution is -2.52. The van der Waals surface area contributed by atoms with Gasteiger partial charge in [0.05, 0.1) is 5.69 Å². The molecule has 2 heterocycles. The molecule has 1 aromatic heterocycles. The molecular weight excluding hydrogens is 236 g/mol. The Kier molecular flexibility index (Phi) is 3.73. The molecule has 0 radical (unpaired) electrons. The van der Waals surface area contributed by atoms with Crippen LogP contribution in [0.5, 0.6) is 0 Å². The van der Waals surface area contributed by atoms with E-state index in [4.69, 9.17) is 0 Å². The first-order valence-corrected chi connectivity index (χ1v) is 6.71. The zero-order valence-electron chi connectivity index (χ0n) is 10.5. The van der Waals surface area contributed by atoms with Crippen molar-refractivity contribution in [1.29, 1.82) is 0 Å². The standard InChI is InChI=1S/C11H18N4OS/c1-4-9-10(17-13-12-9)11(16)15-6-5-14(3)7-8(15)2/h8H,4-7H2,1-3H3/t8-/m0/s1. The largest absolute Gasteiger partial charge is 0.333 e. The van der Waals surface area contributed by atoms with Gasteiger partial charge in [-0.05, 0) is 31.9 Å². The van der Waals surface area contributed by atoms with Gasteiger partial charge in [-0.1, -0.05) is 11.4 Å². The molecule has 1 aliphatic rings. The highest BCUT2D eigenvalue weighted by atomic mass is 32.1. The third-order valence-corrected chi connectivity index (χ3v) is 3.93. The molecule has 0 unspecified atom stereocenters. The predicted molar refractivity (Wildman–Crippen MR) is 67.3 cm³/mol. The number of rotatable bonds is 2. The third-order valence-electron chi connectivity index (χ3n) is 3.18. The summed E-state index contributed by atoms with van der Waals surface area (Å²) in [4.78, 5) is 17.3. The summed E-state index contributed by atoms with van der Waals surface area (Å²) >= 11 is 1.21. The Morgan fingerprint density at radius 2 is 2.29 bits per heavy atom. The van der Waals surface area contributed by atoms with Crippen molar-refractivity contribution in [3.8, 4) is 0 Å². The van der Waals surface area contributed by atoms with Gasteiger partial charge in [-0.15, -0.1) is 5.10 Å². The second-order valence-corrected chi connectivity index (χ2v) is 5.27. The quantitative estimate of drug-likeness (QED) is 0.786. The fourth-order valence-corrected chi connectivity index (χ4v) is 2.88. The number of hydrogen-bond donors (Lipinski definition) is 0. The highest BCUT2D eigenvalue weighted by molar-refractivity contribution is 7.08. The first-order valence-electron chi connectivity index (χ1n) is 5.94. The van der Waals surface area contributed by atoms with E-state index in [2.05, 4.69) is 28.5 Å². The molecule has 17 heavy (non-hydrogen) atoms. The molecule has 0 bridgehead atoms. The van der Waals surface area contributed by atoms with Crippen molar-refractivity contribution < 1.29 is 4.79 Å². The molecule has 1 atom stereocenters. The van der Waals surface area contributed by atoms with E-state index >= 15 is 0 Å². The lowest BCUT2D eigenvalue weighted by molar-refractivity contribution is 0.0537. The predicted octanol–water partition coefficient (Wildman–Crippen LogP) is 0.877. The minimum Gasteiger partial charge on any atom is -0.333 e. The lowest BCUT2D eigenvalue weighted by Gasteiger charge is -2.37. The number of nitrogens with zero attached hydrogens (tertiary/aromatic N) is 4. The average molecular weight is 254 g/mol. The highest BCUT2D eigenvalue weighted by Crippen LogP contribution is 2.18. The van der Waals surface area contributed by atoms with Crippen LogP contribution in [-0.2, 0) is 6.42 Å². The molecule has 5 nitrogen and oxygen atoms in total. The zero-order valence-corrected chi connectivity index (χ0v) is 11.3. The van der Waals surface area contributed by atoms with Crippen LogP contribution in [0.15, 0.2) is 0 Å². The maximum atomic E-state index is 12.4. The molecule has 2 rings (SSSR count). The van der Waals surface area contributed by atoms with E-state index in [0.29, 0.717) is 4.88 Å². The summed E-state index contributed by atoms with van der Waals surface area (Å²) in [6.45, 7) is 6.75. The Balaban J connectivity index is 2.15. The third kappa shape index (κ3) is 2.47. The lowest BCUT2D eigenvalue weighted by atomic mass is 10.1. The Morgan fingerprint density at radius 1 is 1.53 bits per heavy atom. The van der Waals surface area contributed by atoms with Crippen molar-refractivity contribution in [2.45, 2.75) is 26.3 Å². The SMILES string of the molecule is CCc1nnsc1C(=O)N1CCN(C)C[C@@H]1C. The molecule has 0 aromatic carbocycles. The summed E-state index contributed by atoms with van der Waals surface area (Å²) in [6, 6.07) is 0.257.